The molecule has 1 amide bonds. The first-order chi connectivity index (χ1) is 12.7. The number of para-hydroxylation sites is 1. The van der Waals surface area contributed by atoms with Crippen molar-refractivity contribution in [1.29, 1.82) is 0 Å². The van der Waals surface area contributed by atoms with Gasteiger partial charge < -0.3 is 19.6 Å². The fraction of sp³-hybridized carbons (Fsp3) is 0.105. The van der Waals surface area contributed by atoms with Gasteiger partial charge in [-0.25, -0.2) is 0 Å². The number of methoxy groups -OCH3 is 1. The van der Waals surface area contributed by atoms with Crippen molar-refractivity contribution in [3.05, 3.63) is 66.2 Å². The summed E-state index contributed by atoms with van der Waals surface area (Å²) in [6, 6.07) is 15.2. The first-order valence-corrected chi connectivity index (χ1v) is 8.06. The van der Waals surface area contributed by atoms with Crippen molar-refractivity contribution in [3.63, 3.8) is 0 Å². The molecule has 0 saturated carbocycles. The van der Waals surface area contributed by atoms with Gasteiger partial charge in [-0.2, -0.15) is 4.98 Å². The third kappa shape index (κ3) is 3.02. The van der Waals surface area contributed by atoms with Gasteiger partial charge in [0.2, 0.25) is 5.82 Å². The Hall–Kier alpha value is -3.61. The number of nitrogens with one attached hydrogen (secondary N) is 2. The minimum atomic E-state index is -0.433. The van der Waals surface area contributed by atoms with E-state index in [0.717, 1.165) is 22.0 Å². The standard InChI is InChI=1S/C19H16N4O3/c1-25-16-5-3-2-4-14(16)11-21-18(24)19-22-17(23-26-19)13-6-7-15-12(10-13)8-9-20-15/h2-10,20H,11H2,1H3,(H,21,24). The molecule has 0 aliphatic heterocycles. The van der Waals surface area contributed by atoms with Crippen LogP contribution in [0, 0.1) is 0 Å². The van der Waals surface area contributed by atoms with Crippen LogP contribution in [0.5, 0.6) is 5.75 Å². The van der Waals surface area contributed by atoms with Crippen molar-refractivity contribution in [1.82, 2.24) is 20.4 Å². The number of amides is 1. The van der Waals surface area contributed by atoms with Crippen LogP contribution in [0.3, 0.4) is 0 Å². The quantitative estimate of drug-likeness (QED) is 0.578. The number of hydrogen-bond acceptors (Lipinski definition) is 5. The molecule has 0 bridgehead atoms. The normalized spacial score (nSPS) is 10.8. The first kappa shape index (κ1) is 15.9. The SMILES string of the molecule is COc1ccccc1CNC(=O)c1nc(-c2ccc3[nH]ccc3c2)no1. The van der Waals surface area contributed by atoms with Crippen LogP contribution in [-0.2, 0) is 6.54 Å². The Kier molecular flexibility index (Phi) is 4.10. The lowest BCUT2D eigenvalue weighted by molar-refractivity contribution is 0.0906. The van der Waals surface area contributed by atoms with Gasteiger partial charge in [-0.15, -0.1) is 0 Å². The van der Waals surface area contributed by atoms with Crippen LogP contribution in [0.4, 0.5) is 0 Å². The topological polar surface area (TPSA) is 93.0 Å². The summed E-state index contributed by atoms with van der Waals surface area (Å²) in [6.07, 6.45) is 1.86. The number of ether oxygens (including phenoxy) is 1. The van der Waals surface area contributed by atoms with Gasteiger partial charge in [-0.1, -0.05) is 23.4 Å². The summed E-state index contributed by atoms with van der Waals surface area (Å²) < 4.78 is 10.4. The van der Waals surface area contributed by atoms with Crippen molar-refractivity contribution in [2.75, 3.05) is 7.11 Å². The molecule has 2 heterocycles. The summed E-state index contributed by atoms with van der Waals surface area (Å²) >= 11 is 0. The minimum Gasteiger partial charge on any atom is -0.496 e. The molecule has 2 N–H and O–H groups in total. The van der Waals surface area contributed by atoms with E-state index in [4.69, 9.17) is 9.26 Å². The lowest BCUT2D eigenvalue weighted by Crippen LogP contribution is -2.23. The van der Waals surface area contributed by atoms with Gasteiger partial charge in [0, 0.05) is 34.8 Å². The van der Waals surface area contributed by atoms with Gasteiger partial charge in [0.05, 0.1) is 7.11 Å². The summed E-state index contributed by atoms with van der Waals surface area (Å²) in [5, 5.41) is 7.70. The number of aromatic nitrogens is 3. The van der Waals surface area contributed by atoms with Crippen LogP contribution < -0.4 is 10.1 Å². The summed E-state index contributed by atoms with van der Waals surface area (Å²) in [6.45, 7) is 0.301. The zero-order valence-corrected chi connectivity index (χ0v) is 14.0. The highest BCUT2D eigenvalue weighted by molar-refractivity contribution is 5.90. The van der Waals surface area contributed by atoms with Crippen LogP contribution in [-0.4, -0.2) is 28.1 Å². The molecule has 0 spiro atoms. The van der Waals surface area contributed by atoms with Crippen LogP contribution in [0.25, 0.3) is 22.3 Å². The Bertz CT molecular complexity index is 1070. The van der Waals surface area contributed by atoms with Gasteiger partial charge in [0.1, 0.15) is 5.75 Å². The van der Waals surface area contributed by atoms with E-state index in [-0.39, 0.29) is 5.89 Å². The third-order valence-electron chi connectivity index (χ3n) is 4.06. The number of benzene rings is 2. The monoisotopic (exact) mass is 348 g/mol. The molecule has 0 atom stereocenters. The van der Waals surface area contributed by atoms with E-state index in [0.29, 0.717) is 18.1 Å². The van der Waals surface area contributed by atoms with Gasteiger partial charge >= 0.3 is 11.8 Å². The smallest absolute Gasteiger partial charge is 0.316 e. The fourth-order valence-electron chi connectivity index (χ4n) is 2.73. The number of aromatic amines is 1. The average molecular weight is 348 g/mol. The number of nitrogens with zero attached hydrogens (tertiary/aromatic N) is 2. The second-order valence-electron chi connectivity index (χ2n) is 5.70. The molecule has 0 aliphatic rings. The highest BCUT2D eigenvalue weighted by Gasteiger charge is 2.16. The molecular formula is C19H16N4O3. The number of hydrogen-bond donors (Lipinski definition) is 2. The molecule has 7 nitrogen and oxygen atoms in total. The van der Waals surface area contributed by atoms with Gasteiger partial charge in [0.15, 0.2) is 0 Å². The molecule has 4 aromatic rings. The Morgan fingerprint density at radius 2 is 2.12 bits per heavy atom. The van der Waals surface area contributed by atoms with E-state index in [9.17, 15) is 4.79 Å². The summed E-state index contributed by atoms with van der Waals surface area (Å²) in [7, 11) is 1.59. The highest BCUT2D eigenvalue weighted by Crippen LogP contribution is 2.22. The lowest BCUT2D eigenvalue weighted by atomic mass is 10.1. The van der Waals surface area contributed by atoms with Gasteiger partial charge in [-0.3, -0.25) is 4.79 Å². The second kappa shape index (κ2) is 6.72. The van der Waals surface area contributed by atoms with Crippen molar-refractivity contribution in [2.24, 2.45) is 0 Å². The van der Waals surface area contributed by atoms with Gasteiger partial charge in [0.25, 0.3) is 0 Å². The molecular weight excluding hydrogens is 332 g/mol. The zero-order chi connectivity index (χ0) is 17.9. The van der Waals surface area contributed by atoms with E-state index >= 15 is 0 Å². The van der Waals surface area contributed by atoms with E-state index < -0.39 is 5.91 Å². The molecule has 130 valence electrons. The Labute approximate surface area is 149 Å². The molecule has 0 saturated heterocycles. The maximum Gasteiger partial charge on any atom is 0.316 e. The predicted octanol–water partition coefficient (Wildman–Crippen LogP) is 3.16. The molecule has 4 rings (SSSR count). The molecule has 0 aliphatic carbocycles. The zero-order valence-electron chi connectivity index (χ0n) is 14.0. The van der Waals surface area contributed by atoms with Crippen LogP contribution >= 0.6 is 0 Å². The van der Waals surface area contributed by atoms with Crippen molar-refractivity contribution in [2.45, 2.75) is 6.54 Å². The van der Waals surface area contributed by atoms with Crippen LogP contribution in [0.1, 0.15) is 16.2 Å². The van der Waals surface area contributed by atoms with E-state index in [1.54, 1.807) is 7.11 Å². The first-order valence-electron chi connectivity index (χ1n) is 8.06. The average Bonchev–Trinajstić information content (AvgIpc) is 3.35. The predicted molar refractivity (Wildman–Crippen MR) is 95.8 cm³/mol. The molecule has 0 unspecified atom stereocenters. The largest absolute Gasteiger partial charge is 0.496 e. The summed E-state index contributed by atoms with van der Waals surface area (Å²) in [4.78, 5) is 19.6. The van der Waals surface area contributed by atoms with Crippen molar-refractivity contribution in [3.8, 4) is 17.1 Å². The molecule has 2 aromatic carbocycles. The molecule has 26 heavy (non-hydrogen) atoms. The second-order valence-corrected chi connectivity index (χ2v) is 5.70. The Morgan fingerprint density at radius 3 is 3.00 bits per heavy atom. The highest BCUT2D eigenvalue weighted by atomic mass is 16.5. The van der Waals surface area contributed by atoms with Gasteiger partial charge in [-0.05, 0) is 30.3 Å². The maximum absolute atomic E-state index is 12.3. The number of rotatable bonds is 5. The summed E-state index contributed by atoms with van der Waals surface area (Å²) in [5.74, 6) is 0.566. The fourth-order valence-corrected chi connectivity index (χ4v) is 2.73. The maximum atomic E-state index is 12.3. The lowest BCUT2D eigenvalue weighted by Gasteiger charge is -2.07. The third-order valence-corrected chi connectivity index (χ3v) is 4.06. The Morgan fingerprint density at radius 1 is 1.23 bits per heavy atom. The van der Waals surface area contributed by atoms with Crippen LogP contribution in [0.2, 0.25) is 0 Å². The van der Waals surface area contributed by atoms with E-state index in [1.165, 1.54) is 0 Å². The minimum absolute atomic E-state index is 0.0796. The Balaban J connectivity index is 1.49. The summed E-state index contributed by atoms with van der Waals surface area (Å²) in [5.41, 5.74) is 2.66. The van der Waals surface area contributed by atoms with Crippen molar-refractivity contribution < 1.29 is 14.1 Å². The number of H-pyrrole nitrogens is 1. The number of carbonyl (C=O) groups is 1. The van der Waals surface area contributed by atoms with E-state index in [2.05, 4.69) is 20.4 Å². The molecule has 0 radical (unpaired) electrons. The van der Waals surface area contributed by atoms with E-state index in [1.807, 2.05) is 54.7 Å². The molecule has 0 fully saturated rings. The molecule has 2 aromatic heterocycles. The van der Waals surface area contributed by atoms with Crippen LogP contribution in [0.15, 0.2) is 59.3 Å². The molecule has 7 heteroatoms. The number of fused-ring (bicyclic) bond motifs is 1. The van der Waals surface area contributed by atoms with Crippen molar-refractivity contribution >= 4 is 16.8 Å². The number of carbonyl (C=O) groups excluding carboxylic acids is 1.